The average Bonchev–Trinajstić information content (AvgIpc) is 3.23. The number of rotatable bonds is 5. The number of benzene rings is 2. The summed E-state index contributed by atoms with van der Waals surface area (Å²) >= 11 is 0. The summed E-state index contributed by atoms with van der Waals surface area (Å²) < 4.78 is 44.7. The van der Waals surface area contributed by atoms with Crippen molar-refractivity contribution in [2.45, 2.75) is 17.9 Å². The second-order valence-corrected chi connectivity index (χ2v) is 10.2. The first-order valence-electron chi connectivity index (χ1n) is 11.6. The molecule has 0 radical (unpaired) electrons. The molecule has 1 fully saturated rings. The summed E-state index contributed by atoms with van der Waals surface area (Å²) in [5, 5.41) is 14.3. The van der Waals surface area contributed by atoms with Crippen molar-refractivity contribution in [1.82, 2.24) is 19.9 Å². The molecule has 0 saturated carbocycles. The molecule has 2 N–H and O–H groups in total. The molecule has 37 heavy (non-hydrogen) atoms. The molecule has 0 unspecified atom stereocenters. The van der Waals surface area contributed by atoms with Crippen LogP contribution in [0.15, 0.2) is 58.5 Å². The van der Waals surface area contributed by atoms with Gasteiger partial charge < -0.3 is 19.6 Å². The molecule has 1 aliphatic rings. The maximum Gasteiger partial charge on any atom is 0.333 e. The normalized spacial score (nSPS) is 14.2. The van der Waals surface area contributed by atoms with Gasteiger partial charge >= 0.3 is 10.2 Å². The number of aromatic nitrogens is 3. The number of nitriles is 1. The predicted molar refractivity (Wildman–Crippen MR) is 137 cm³/mol. The molecule has 0 spiro atoms. The lowest BCUT2D eigenvalue weighted by Crippen LogP contribution is -2.44. The number of aromatic amines is 1. The van der Waals surface area contributed by atoms with Crippen molar-refractivity contribution in [2.24, 2.45) is 0 Å². The third-order valence-electron chi connectivity index (χ3n) is 6.71. The standard InChI is InChI=1S/C26H20FN5O4S/c1-2-36-23-8-20-22(7-19(23)15-6-17(13-29-10-15)37(27,34)35)32(16-11-30-12-16)26-24(25(20)33)18-4-3-14(9-28)5-21(18)31-26/h3-8,10,13,16,30-31H,2,11-12H2,1H3. The maximum absolute atomic E-state index is 13.9. The van der Waals surface area contributed by atoms with Crippen molar-refractivity contribution in [3.8, 4) is 22.9 Å². The van der Waals surface area contributed by atoms with Crippen molar-refractivity contribution in [1.29, 1.82) is 5.26 Å². The van der Waals surface area contributed by atoms with Gasteiger partial charge in [0.05, 0.1) is 40.6 Å². The Morgan fingerprint density at radius 2 is 2.00 bits per heavy atom. The van der Waals surface area contributed by atoms with Crippen LogP contribution in [0.3, 0.4) is 0 Å². The zero-order chi connectivity index (χ0) is 25.9. The molecule has 2 aromatic carbocycles. The fourth-order valence-corrected chi connectivity index (χ4v) is 5.36. The van der Waals surface area contributed by atoms with Gasteiger partial charge in [0.25, 0.3) is 0 Å². The Labute approximate surface area is 210 Å². The first-order valence-corrected chi connectivity index (χ1v) is 13.0. The molecule has 186 valence electrons. The van der Waals surface area contributed by atoms with Crippen LogP contribution in [-0.2, 0) is 10.2 Å². The molecule has 1 aliphatic heterocycles. The van der Waals surface area contributed by atoms with Crippen molar-refractivity contribution < 1.29 is 17.0 Å². The topological polar surface area (TPSA) is 130 Å². The molecular weight excluding hydrogens is 497 g/mol. The number of H-pyrrole nitrogens is 1. The van der Waals surface area contributed by atoms with E-state index in [1.54, 1.807) is 37.3 Å². The summed E-state index contributed by atoms with van der Waals surface area (Å²) in [6.45, 7) is 3.46. The van der Waals surface area contributed by atoms with Crippen molar-refractivity contribution in [3.63, 3.8) is 0 Å². The van der Waals surface area contributed by atoms with E-state index < -0.39 is 15.1 Å². The molecule has 9 nitrogen and oxygen atoms in total. The Kier molecular flexibility index (Phi) is 5.25. The smallest absolute Gasteiger partial charge is 0.333 e. The largest absolute Gasteiger partial charge is 0.493 e. The van der Waals surface area contributed by atoms with E-state index in [0.717, 1.165) is 6.20 Å². The van der Waals surface area contributed by atoms with Crippen LogP contribution in [0.2, 0.25) is 0 Å². The van der Waals surface area contributed by atoms with E-state index in [0.29, 0.717) is 75.0 Å². The first kappa shape index (κ1) is 23.1. The van der Waals surface area contributed by atoms with Crippen LogP contribution in [0.1, 0.15) is 18.5 Å². The average molecular weight is 518 g/mol. The zero-order valence-corrected chi connectivity index (χ0v) is 20.4. The molecule has 3 aromatic heterocycles. The second-order valence-electron chi connectivity index (χ2n) is 8.88. The summed E-state index contributed by atoms with van der Waals surface area (Å²) in [7, 11) is -4.97. The van der Waals surface area contributed by atoms with E-state index in [4.69, 9.17) is 4.74 Å². The molecule has 0 amide bonds. The first-order chi connectivity index (χ1) is 17.8. The van der Waals surface area contributed by atoms with Crippen LogP contribution in [0, 0.1) is 11.3 Å². The van der Waals surface area contributed by atoms with Gasteiger partial charge in [0, 0.05) is 47.5 Å². The second kappa shape index (κ2) is 8.40. The highest BCUT2D eigenvalue weighted by molar-refractivity contribution is 7.86. The number of pyridine rings is 2. The molecule has 0 bridgehead atoms. The van der Waals surface area contributed by atoms with Crippen LogP contribution in [0.25, 0.3) is 44.0 Å². The number of halogens is 1. The Balaban J connectivity index is 1.74. The van der Waals surface area contributed by atoms with E-state index in [1.165, 1.54) is 12.3 Å². The summed E-state index contributed by atoms with van der Waals surface area (Å²) in [4.78, 5) is 20.6. The van der Waals surface area contributed by atoms with Crippen LogP contribution >= 0.6 is 0 Å². The molecule has 11 heteroatoms. The number of hydrogen-bond acceptors (Lipinski definition) is 7. The molecule has 4 heterocycles. The summed E-state index contributed by atoms with van der Waals surface area (Å²) in [6, 6.07) is 11.9. The molecule has 5 aromatic rings. The van der Waals surface area contributed by atoms with Crippen molar-refractivity contribution >= 4 is 43.1 Å². The zero-order valence-electron chi connectivity index (χ0n) is 19.6. The third-order valence-corrected chi connectivity index (χ3v) is 7.49. The molecule has 0 atom stereocenters. The van der Waals surface area contributed by atoms with Crippen LogP contribution < -0.4 is 15.5 Å². The fourth-order valence-electron chi connectivity index (χ4n) is 4.90. The Bertz CT molecular complexity index is 1950. The lowest BCUT2D eigenvalue weighted by atomic mass is 10.0. The van der Waals surface area contributed by atoms with Gasteiger partial charge in [0.15, 0.2) is 5.43 Å². The summed E-state index contributed by atoms with van der Waals surface area (Å²) in [5.41, 5.74) is 3.02. The Morgan fingerprint density at radius 1 is 1.19 bits per heavy atom. The van der Waals surface area contributed by atoms with Gasteiger partial charge in [-0.2, -0.15) is 13.7 Å². The lowest BCUT2D eigenvalue weighted by Gasteiger charge is -2.32. The highest BCUT2D eigenvalue weighted by Crippen LogP contribution is 2.38. The van der Waals surface area contributed by atoms with Gasteiger partial charge in [-0.05, 0) is 37.3 Å². The Morgan fingerprint density at radius 3 is 2.68 bits per heavy atom. The van der Waals surface area contributed by atoms with Gasteiger partial charge in [-0.3, -0.25) is 9.78 Å². The number of hydrogen-bond donors (Lipinski definition) is 2. The highest BCUT2D eigenvalue weighted by Gasteiger charge is 2.27. The van der Waals surface area contributed by atoms with E-state index in [1.807, 2.05) is 0 Å². The summed E-state index contributed by atoms with van der Waals surface area (Å²) in [5.74, 6) is 0.353. The number of ether oxygens (including phenoxy) is 1. The molecular formula is C26H20FN5O4S. The van der Waals surface area contributed by atoms with Gasteiger partial charge in [0.2, 0.25) is 0 Å². The van der Waals surface area contributed by atoms with Gasteiger partial charge in [-0.15, -0.1) is 3.89 Å². The lowest BCUT2D eigenvalue weighted by molar-refractivity contribution is 0.341. The van der Waals surface area contributed by atoms with Crippen molar-refractivity contribution in [2.75, 3.05) is 19.7 Å². The van der Waals surface area contributed by atoms with E-state index in [2.05, 4.69) is 25.9 Å². The van der Waals surface area contributed by atoms with Crippen LogP contribution in [0.5, 0.6) is 5.75 Å². The third kappa shape index (κ3) is 3.64. The fraction of sp³-hybridized carbons (Fsp3) is 0.192. The van der Waals surface area contributed by atoms with E-state index in [9.17, 15) is 22.4 Å². The highest BCUT2D eigenvalue weighted by atomic mass is 32.3. The number of fused-ring (bicyclic) bond motifs is 4. The number of nitrogens with one attached hydrogen (secondary N) is 2. The molecule has 6 rings (SSSR count). The SMILES string of the molecule is CCOc1cc2c(=O)c3c4ccc(C#N)cc4[nH]c3n(C3CNC3)c2cc1-c1cncc(S(=O)(=O)F)c1. The van der Waals surface area contributed by atoms with Crippen LogP contribution in [-0.4, -0.2) is 42.6 Å². The van der Waals surface area contributed by atoms with E-state index in [-0.39, 0.29) is 11.5 Å². The van der Waals surface area contributed by atoms with Crippen LogP contribution in [0.4, 0.5) is 3.89 Å². The Hall–Kier alpha value is -4.27. The number of nitrogens with zero attached hydrogens (tertiary/aromatic N) is 3. The monoisotopic (exact) mass is 517 g/mol. The van der Waals surface area contributed by atoms with Gasteiger partial charge in [0.1, 0.15) is 16.3 Å². The molecule has 1 saturated heterocycles. The summed E-state index contributed by atoms with van der Waals surface area (Å²) in [6.07, 6.45) is 2.37. The minimum atomic E-state index is -4.97. The minimum absolute atomic E-state index is 0.0376. The quantitative estimate of drug-likeness (QED) is 0.340. The minimum Gasteiger partial charge on any atom is -0.493 e. The molecule has 0 aliphatic carbocycles. The predicted octanol–water partition coefficient (Wildman–Crippen LogP) is 3.77. The maximum atomic E-state index is 13.9. The van der Waals surface area contributed by atoms with Gasteiger partial charge in [-0.25, -0.2) is 0 Å². The van der Waals surface area contributed by atoms with Gasteiger partial charge in [-0.1, -0.05) is 6.07 Å². The van der Waals surface area contributed by atoms with Crippen molar-refractivity contribution in [3.05, 3.63) is 64.6 Å². The van der Waals surface area contributed by atoms with E-state index >= 15 is 0 Å².